The lowest BCUT2D eigenvalue weighted by molar-refractivity contribution is 0.244. The summed E-state index contributed by atoms with van der Waals surface area (Å²) in [7, 11) is 0. The molecule has 5 heteroatoms. The number of thiazole rings is 1. The Morgan fingerprint density at radius 1 is 1.21 bits per heavy atom. The lowest BCUT2D eigenvalue weighted by atomic mass is 10.0. The molecule has 2 aromatic heterocycles. The van der Waals surface area contributed by atoms with Crippen molar-refractivity contribution in [1.29, 1.82) is 0 Å². The summed E-state index contributed by atoms with van der Waals surface area (Å²) >= 11 is 1.92. The molecule has 1 aliphatic heterocycles. The first-order valence-corrected chi connectivity index (χ1v) is 7.82. The summed E-state index contributed by atoms with van der Waals surface area (Å²) in [5.74, 6) is 0. The van der Waals surface area contributed by atoms with E-state index in [1.165, 1.54) is 46.8 Å². The zero-order valence-corrected chi connectivity index (χ0v) is 11.7. The fourth-order valence-electron chi connectivity index (χ4n) is 3.00. The molecule has 0 radical (unpaired) electrons. The van der Waals surface area contributed by atoms with E-state index in [4.69, 9.17) is 9.51 Å². The Morgan fingerprint density at radius 3 is 3.11 bits per heavy atom. The fraction of sp³-hybridized carbons (Fsp3) is 0.571. The van der Waals surface area contributed by atoms with E-state index in [-0.39, 0.29) is 0 Å². The molecule has 0 fully saturated rings. The third kappa shape index (κ3) is 2.21. The number of aryl methyl sites for hydroxylation is 2. The molecular formula is C14H17N3OS. The van der Waals surface area contributed by atoms with Gasteiger partial charge < -0.3 is 4.52 Å². The second-order valence-electron chi connectivity index (χ2n) is 5.43. The van der Waals surface area contributed by atoms with E-state index in [1.54, 1.807) is 6.26 Å². The molecule has 4 nitrogen and oxygen atoms in total. The summed E-state index contributed by atoms with van der Waals surface area (Å²) in [6.45, 7) is 2.98. The Morgan fingerprint density at radius 2 is 2.16 bits per heavy atom. The molecule has 0 amide bonds. The third-order valence-corrected chi connectivity index (χ3v) is 5.18. The Labute approximate surface area is 116 Å². The molecule has 0 aromatic carbocycles. The van der Waals surface area contributed by atoms with Crippen LogP contribution in [-0.2, 0) is 32.4 Å². The van der Waals surface area contributed by atoms with Crippen LogP contribution in [0.3, 0.4) is 0 Å². The molecule has 0 saturated carbocycles. The van der Waals surface area contributed by atoms with Crippen LogP contribution in [0.5, 0.6) is 0 Å². The smallest absolute Gasteiger partial charge is 0.128 e. The maximum Gasteiger partial charge on any atom is 0.128 e. The number of aromatic nitrogens is 2. The van der Waals surface area contributed by atoms with Crippen LogP contribution in [0.4, 0.5) is 0 Å². The first-order chi connectivity index (χ1) is 9.38. The summed E-state index contributed by atoms with van der Waals surface area (Å²) in [5.41, 5.74) is 3.75. The Hall–Kier alpha value is -1.20. The van der Waals surface area contributed by atoms with E-state index in [0.29, 0.717) is 0 Å². The van der Waals surface area contributed by atoms with Crippen LogP contribution in [-0.4, -0.2) is 21.6 Å². The van der Waals surface area contributed by atoms with Crippen LogP contribution < -0.4 is 0 Å². The Bertz CT molecular complexity index is 566. The van der Waals surface area contributed by atoms with Crippen LogP contribution in [0.2, 0.25) is 0 Å². The second kappa shape index (κ2) is 4.72. The van der Waals surface area contributed by atoms with Crippen molar-refractivity contribution in [1.82, 2.24) is 15.0 Å². The predicted molar refractivity (Wildman–Crippen MR) is 73.1 cm³/mol. The van der Waals surface area contributed by atoms with Crippen molar-refractivity contribution in [3.8, 4) is 0 Å². The Kier molecular flexibility index (Phi) is 2.89. The zero-order chi connectivity index (χ0) is 12.7. The van der Waals surface area contributed by atoms with Crippen LogP contribution in [0.1, 0.15) is 39.7 Å². The maximum atomic E-state index is 5.04. The largest absolute Gasteiger partial charge is 0.364 e. The molecule has 0 unspecified atom stereocenters. The number of nitrogens with zero attached hydrogens (tertiary/aromatic N) is 3. The molecule has 0 bridgehead atoms. The van der Waals surface area contributed by atoms with Gasteiger partial charge in [-0.1, -0.05) is 5.16 Å². The highest BCUT2D eigenvalue weighted by molar-refractivity contribution is 7.11. The minimum Gasteiger partial charge on any atom is -0.364 e. The molecule has 0 N–H and O–H groups in total. The van der Waals surface area contributed by atoms with E-state index in [0.717, 1.165) is 31.7 Å². The van der Waals surface area contributed by atoms with Gasteiger partial charge in [0.1, 0.15) is 11.3 Å². The van der Waals surface area contributed by atoms with Crippen molar-refractivity contribution in [2.45, 2.75) is 45.2 Å². The van der Waals surface area contributed by atoms with Crippen molar-refractivity contribution in [2.24, 2.45) is 0 Å². The average Bonchev–Trinajstić information content (AvgIpc) is 3.03. The van der Waals surface area contributed by atoms with Gasteiger partial charge in [0, 0.05) is 30.0 Å². The molecule has 0 atom stereocenters. The highest BCUT2D eigenvalue weighted by atomic mass is 32.1. The standard InChI is InChI=1S/C14H17N3OS/c1-2-4-13-12(3-1)15-14(19-13)8-17-6-5-11-10(7-17)9-18-16-11/h9H,1-8H2. The average molecular weight is 275 g/mol. The van der Waals surface area contributed by atoms with E-state index in [1.807, 2.05) is 11.3 Å². The van der Waals surface area contributed by atoms with Crippen LogP contribution in [0.25, 0.3) is 0 Å². The van der Waals surface area contributed by atoms with Gasteiger partial charge in [0.05, 0.1) is 17.9 Å². The van der Waals surface area contributed by atoms with Crippen molar-refractivity contribution in [3.05, 3.63) is 33.1 Å². The third-order valence-electron chi connectivity index (χ3n) is 4.04. The van der Waals surface area contributed by atoms with Gasteiger partial charge in [-0.05, 0) is 25.7 Å². The fourth-order valence-corrected chi connectivity index (χ4v) is 4.20. The van der Waals surface area contributed by atoms with Gasteiger partial charge in [-0.15, -0.1) is 11.3 Å². The number of hydrogen-bond donors (Lipinski definition) is 0. The van der Waals surface area contributed by atoms with Gasteiger partial charge in [0.2, 0.25) is 0 Å². The van der Waals surface area contributed by atoms with E-state index >= 15 is 0 Å². The number of hydrogen-bond acceptors (Lipinski definition) is 5. The van der Waals surface area contributed by atoms with E-state index in [9.17, 15) is 0 Å². The number of rotatable bonds is 2. The van der Waals surface area contributed by atoms with E-state index < -0.39 is 0 Å². The van der Waals surface area contributed by atoms with Gasteiger partial charge in [-0.25, -0.2) is 4.98 Å². The van der Waals surface area contributed by atoms with E-state index in [2.05, 4.69) is 10.1 Å². The van der Waals surface area contributed by atoms with Gasteiger partial charge >= 0.3 is 0 Å². The van der Waals surface area contributed by atoms with Gasteiger partial charge in [-0.3, -0.25) is 4.90 Å². The van der Waals surface area contributed by atoms with Gasteiger partial charge in [-0.2, -0.15) is 0 Å². The van der Waals surface area contributed by atoms with Crippen molar-refractivity contribution in [2.75, 3.05) is 6.54 Å². The molecule has 2 aliphatic rings. The van der Waals surface area contributed by atoms with Crippen LogP contribution in [0.15, 0.2) is 10.8 Å². The highest BCUT2D eigenvalue weighted by Crippen LogP contribution is 2.28. The second-order valence-corrected chi connectivity index (χ2v) is 6.60. The van der Waals surface area contributed by atoms with Crippen LogP contribution >= 0.6 is 11.3 Å². The molecule has 3 heterocycles. The van der Waals surface area contributed by atoms with Crippen molar-refractivity contribution < 1.29 is 4.52 Å². The first kappa shape index (κ1) is 11.6. The molecule has 1 aliphatic carbocycles. The predicted octanol–water partition coefficient (Wildman–Crippen LogP) is 2.57. The first-order valence-electron chi connectivity index (χ1n) is 7.00. The molecule has 100 valence electrons. The SMILES string of the molecule is c1onc2c1CN(Cc1nc3c(s1)CCCC3)CC2. The molecule has 0 spiro atoms. The monoisotopic (exact) mass is 275 g/mol. The molecule has 19 heavy (non-hydrogen) atoms. The highest BCUT2D eigenvalue weighted by Gasteiger charge is 2.21. The van der Waals surface area contributed by atoms with Gasteiger partial charge in [0.25, 0.3) is 0 Å². The normalized spacial score (nSPS) is 19.2. The lowest BCUT2D eigenvalue weighted by Crippen LogP contribution is -2.29. The summed E-state index contributed by atoms with van der Waals surface area (Å²) in [6.07, 6.45) is 7.85. The minimum absolute atomic E-state index is 0.947. The summed E-state index contributed by atoms with van der Waals surface area (Å²) in [5, 5.41) is 5.32. The molecule has 2 aromatic rings. The quantitative estimate of drug-likeness (QED) is 0.845. The summed E-state index contributed by atoms with van der Waals surface area (Å²) in [4.78, 5) is 8.81. The van der Waals surface area contributed by atoms with Crippen LogP contribution in [0, 0.1) is 0 Å². The van der Waals surface area contributed by atoms with Gasteiger partial charge in [0.15, 0.2) is 0 Å². The maximum absolute atomic E-state index is 5.04. The minimum atomic E-state index is 0.947. The summed E-state index contributed by atoms with van der Waals surface area (Å²) in [6, 6.07) is 0. The Balaban J connectivity index is 1.49. The lowest BCUT2D eigenvalue weighted by Gasteiger charge is -2.24. The summed E-state index contributed by atoms with van der Waals surface area (Å²) < 4.78 is 5.04. The van der Waals surface area contributed by atoms with Crippen molar-refractivity contribution in [3.63, 3.8) is 0 Å². The number of fused-ring (bicyclic) bond motifs is 2. The molecule has 4 rings (SSSR count). The van der Waals surface area contributed by atoms with Crippen molar-refractivity contribution >= 4 is 11.3 Å². The molecule has 0 saturated heterocycles. The topological polar surface area (TPSA) is 42.2 Å². The molecular weight excluding hydrogens is 258 g/mol. The zero-order valence-electron chi connectivity index (χ0n) is 10.9.